The van der Waals surface area contributed by atoms with Crippen LogP contribution in [0.25, 0.3) is 55.3 Å². The van der Waals surface area contributed by atoms with E-state index in [1.165, 1.54) is 6.07 Å². The van der Waals surface area contributed by atoms with Crippen molar-refractivity contribution in [3.05, 3.63) is 60.1 Å². The van der Waals surface area contributed by atoms with E-state index < -0.39 is 0 Å². The predicted molar refractivity (Wildman–Crippen MR) is 120 cm³/mol. The number of ether oxygens (including phenoxy) is 1. The topological polar surface area (TPSA) is 105 Å². The first kappa shape index (κ1) is 18.6. The Balaban J connectivity index is 1.49. The van der Waals surface area contributed by atoms with Crippen LogP contribution in [0.1, 0.15) is 0 Å². The number of nitrogens with one attached hydrogen (secondary N) is 2. The molecule has 0 atom stereocenters. The van der Waals surface area contributed by atoms with Gasteiger partial charge in [0.2, 0.25) is 5.88 Å². The van der Waals surface area contributed by atoms with Crippen molar-refractivity contribution in [3.63, 3.8) is 0 Å². The molecule has 2 N–H and O–H groups in total. The third kappa shape index (κ3) is 3.00. The van der Waals surface area contributed by atoms with Gasteiger partial charge in [0.15, 0.2) is 11.0 Å². The number of fused-ring (bicyclic) bond motifs is 2. The van der Waals surface area contributed by atoms with Crippen LogP contribution in [-0.4, -0.2) is 42.2 Å². The van der Waals surface area contributed by atoms with E-state index in [1.807, 2.05) is 24.3 Å². The van der Waals surface area contributed by atoms with Gasteiger partial charge in [0.1, 0.15) is 16.9 Å². The second-order valence-corrected chi connectivity index (χ2v) is 8.06. The summed E-state index contributed by atoms with van der Waals surface area (Å²) >= 11 is 1.04. The van der Waals surface area contributed by atoms with Crippen LogP contribution >= 0.6 is 11.3 Å². The number of hydrogen-bond donors (Lipinski definition) is 2. The van der Waals surface area contributed by atoms with Crippen LogP contribution in [0, 0.1) is 5.13 Å². The Hall–Kier alpha value is -4.18. The van der Waals surface area contributed by atoms with Crippen LogP contribution in [-0.2, 0) is 0 Å². The Morgan fingerprint density at radius 3 is 2.78 bits per heavy atom. The van der Waals surface area contributed by atoms with E-state index >= 15 is 0 Å². The molecule has 0 aliphatic rings. The zero-order valence-corrected chi connectivity index (χ0v) is 17.4. The molecule has 5 aromatic heterocycles. The van der Waals surface area contributed by atoms with Gasteiger partial charge in [-0.15, -0.1) is 11.3 Å². The van der Waals surface area contributed by atoms with E-state index in [4.69, 9.17) is 9.72 Å². The summed E-state index contributed by atoms with van der Waals surface area (Å²) in [6.45, 7) is 0. The normalized spacial score (nSPS) is 11.4. The van der Waals surface area contributed by atoms with Crippen molar-refractivity contribution < 1.29 is 9.13 Å². The van der Waals surface area contributed by atoms with Gasteiger partial charge in [-0.25, -0.2) is 9.97 Å². The van der Waals surface area contributed by atoms with Gasteiger partial charge in [0.25, 0.3) is 0 Å². The van der Waals surface area contributed by atoms with Crippen molar-refractivity contribution in [2.24, 2.45) is 0 Å². The molecule has 0 amide bonds. The molecule has 6 aromatic rings. The number of methoxy groups -OCH3 is 1. The largest absolute Gasteiger partial charge is 0.480 e. The van der Waals surface area contributed by atoms with Crippen molar-refractivity contribution in [2.45, 2.75) is 0 Å². The number of imidazole rings is 1. The number of pyridine rings is 1. The highest BCUT2D eigenvalue weighted by atomic mass is 32.1. The lowest BCUT2D eigenvalue weighted by Crippen LogP contribution is -1.91. The van der Waals surface area contributed by atoms with Gasteiger partial charge < -0.3 is 9.72 Å². The van der Waals surface area contributed by atoms with E-state index in [9.17, 15) is 4.39 Å². The van der Waals surface area contributed by atoms with Gasteiger partial charge >= 0.3 is 0 Å². The Bertz CT molecular complexity index is 1600. The lowest BCUT2D eigenvalue weighted by Gasteiger charge is -2.03. The number of H-pyrrole nitrogens is 2. The lowest BCUT2D eigenvalue weighted by atomic mass is 10.1. The van der Waals surface area contributed by atoms with E-state index in [0.29, 0.717) is 34.3 Å². The number of halogens is 1. The minimum absolute atomic E-state index is 0.263. The third-order valence-electron chi connectivity index (χ3n) is 5.11. The second kappa shape index (κ2) is 7.20. The van der Waals surface area contributed by atoms with E-state index in [1.54, 1.807) is 31.8 Å². The molecular weight excluding hydrogens is 429 g/mol. The summed E-state index contributed by atoms with van der Waals surface area (Å²) in [5.41, 5.74) is 5.18. The number of aromatic nitrogens is 7. The summed E-state index contributed by atoms with van der Waals surface area (Å²) < 4.78 is 18.8. The lowest BCUT2D eigenvalue weighted by molar-refractivity contribution is 0.396. The SMILES string of the molecule is COc1cncc(-c2ccc3[nH]nc(-c4nc5c(-c6ccc(F)s6)nccc5[nH]4)c3c2)n1. The summed E-state index contributed by atoms with van der Waals surface area (Å²) in [5.74, 6) is 1.03. The summed E-state index contributed by atoms with van der Waals surface area (Å²) in [6, 6.07) is 10.8. The molecule has 10 heteroatoms. The van der Waals surface area contributed by atoms with Crippen molar-refractivity contribution in [2.75, 3.05) is 7.11 Å². The molecule has 32 heavy (non-hydrogen) atoms. The molecule has 0 radical (unpaired) electrons. The van der Waals surface area contributed by atoms with Gasteiger partial charge in [0, 0.05) is 17.1 Å². The quantitative estimate of drug-likeness (QED) is 0.404. The van der Waals surface area contributed by atoms with Gasteiger partial charge in [-0.2, -0.15) is 9.49 Å². The molecule has 0 aliphatic heterocycles. The average Bonchev–Trinajstić information content (AvgIpc) is 3.55. The smallest absolute Gasteiger partial charge is 0.232 e. The number of thiophene rings is 1. The summed E-state index contributed by atoms with van der Waals surface area (Å²) in [5, 5.41) is 8.14. The van der Waals surface area contributed by atoms with E-state index in [0.717, 1.165) is 38.2 Å². The highest BCUT2D eigenvalue weighted by Gasteiger charge is 2.17. The molecule has 0 fully saturated rings. The highest BCUT2D eigenvalue weighted by molar-refractivity contribution is 7.13. The van der Waals surface area contributed by atoms with Gasteiger partial charge in [-0.3, -0.25) is 15.1 Å². The molecule has 0 spiro atoms. The predicted octanol–water partition coefficient (Wildman–Crippen LogP) is 4.83. The van der Waals surface area contributed by atoms with Crippen LogP contribution in [0.5, 0.6) is 5.88 Å². The average molecular weight is 443 g/mol. The Morgan fingerprint density at radius 1 is 1.00 bits per heavy atom. The molecule has 0 aliphatic carbocycles. The number of rotatable bonds is 4. The zero-order valence-electron chi connectivity index (χ0n) is 16.6. The van der Waals surface area contributed by atoms with Gasteiger partial charge in [-0.1, -0.05) is 6.07 Å². The fourth-order valence-corrected chi connectivity index (χ4v) is 4.34. The minimum atomic E-state index is -0.263. The summed E-state index contributed by atoms with van der Waals surface area (Å²) in [4.78, 5) is 21.9. The number of benzene rings is 1. The minimum Gasteiger partial charge on any atom is -0.480 e. The second-order valence-electron chi connectivity index (χ2n) is 7.02. The van der Waals surface area contributed by atoms with Crippen LogP contribution in [0.3, 0.4) is 0 Å². The molecule has 0 bridgehead atoms. The Kier molecular flexibility index (Phi) is 4.18. The maximum atomic E-state index is 13.6. The molecule has 5 heterocycles. The van der Waals surface area contributed by atoms with Crippen LogP contribution in [0.15, 0.2) is 55.0 Å². The summed E-state index contributed by atoms with van der Waals surface area (Å²) in [6.07, 6.45) is 4.92. The molecule has 156 valence electrons. The van der Waals surface area contributed by atoms with Crippen molar-refractivity contribution in [1.82, 2.24) is 35.1 Å². The molecule has 0 saturated carbocycles. The Labute approximate surface area is 184 Å². The maximum Gasteiger partial charge on any atom is 0.232 e. The van der Waals surface area contributed by atoms with Crippen LogP contribution < -0.4 is 4.74 Å². The van der Waals surface area contributed by atoms with Crippen LogP contribution in [0.2, 0.25) is 0 Å². The Morgan fingerprint density at radius 2 is 1.94 bits per heavy atom. The fraction of sp³-hybridized carbons (Fsp3) is 0.0455. The number of aromatic amines is 2. The molecular formula is C22H14FN7OS. The van der Waals surface area contributed by atoms with E-state index in [2.05, 4.69) is 30.1 Å². The summed E-state index contributed by atoms with van der Waals surface area (Å²) in [7, 11) is 1.56. The zero-order chi connectivity index (χ0) is 21.7. The van der Waals surface area contributed by atoms with Crippen LogP contribution in [0.4, 0.5) is 4.39 Å². The van der Waals surface area contributed by atoms with Gasteiger partial charge in [0.05, 0.1) is 41.1 Å². The standard InChI is InChI=1S/C22H14FN7OS/c1-31-18-10-24-9-15(26-18)11-2-3-13-12(8-11)19(30-29-13)22-27-14-6-7-25-21(20(14)28-22)16-4-5-17(23)32-16/h2-10H,1H3,(H,27,28)(H,29,30). The maximum absolute atomic E-state index is 13.6. The molecule has 1 aromatic carbocycles. The van der Waals surface area contributed by atoms with Crippen molar-refractivity contribution >= 4 is 33.3 Å². The van der Waals surface area contributed by atoms with Crippen molar-refractivity contribution in [1.29, 1.82) is 0 Å². The van der Waals surface area contributed by atoms with Crippen molar-refractivity contribution in [3.8, 4) is 39.2 Å². The monoisotopic (exact) mass is 443 g/mol. The first-order chi connectivity index (χ1) is 15.7. The first-order valence-electron chi connectivity index (χ1n) is 9.65. The molecule has 6 rings (SSSR count). The highest BCUT2D eigenvalue weighted by Crippen LogP contribution is 2.34. The molecule has 0 unspecified atom stereocenters. The molecule has 8 nitrogen and oxygen atoms in total. The first-order valence-corrected chi connectivity index (χ1v) is 10.5. The van der Waals surface area contributed by atoms with E-state index in [-0.39, 0.29) is 5.13 Å². The number of nitrogens with zero attached hydrogens (tertiary/aromatic N) is 5. The molecule has 0 saturated heterocycles. The number of hydrogen-bond acceptors (Lipinski definition) is 7. The fourth-order valence-electron chi connectivity index (χ4n) is 3.61. The third-order valence-corrected chi connectivity index (χ3v) is 5.99. The van der Waals surface area contributed by atoms with Gasteiger partial charge in [-0.05, 0) is 30.3 Å².